The van der Waals surface area contributed by atoms with Crippen LogP contribution < -0.4 is 5.32 Å². The number of nitro groups is 1. The Hall–Kier alpha value is -2.52. The van der Waals surface area contributed by atoms with Crippen molar-refractivity contribution in [3.63, 3.8) is 0 Å². The zero-order valence-corrected chi connectivity index (χ0v) is 10.7. The van der Waals surface area contributed by atoms with Gasteiger partial charge in [-0.1, -0.05) is 0 Å². The third-order valence-corrected chi connectivity index (χ3v) is 2.59. The molecule has 0 fully saturated rings. The molecule has 0 amide bonds. The number of anilines is 2. The smallest absolute Gasteiger partial charge is 0.318 e. The second-order valence-electron chi connectivity index (χ2n) is 4.10. The van der Waals surface area contributed by atoms with E-state index in [0.717, 1.165) is 4.68 Å². The highest BCUT2D eigenvalue weighted by Gasteiger charge is 2.24. The van der Waals surface area contributed by atoms with Crippen LogP contribution in [0.25, 0.3) is 0 Å². The summed E-state index contributed by atoms with van der Waals surface area (Å²) in [4.78, 5) is 10.4. The Bertz CT molecular complexity index is 636. The molecule has 2 aromatic rings. The van der Waals surface area contributed by atoms with Crippen LogP contribution in [-0.4, -0.2) is 30.9 Å². The molecule has 0 unspecified atom stereocenters. The molecule has 10 heteroatoms. The van der Waals surface area contributed by atoms with Crippen LogP contribution in [0, 0.1) is 17.0 Å². The minimum atomic E-state index is -2.52. The first kappa shape index (κ1) is 13.9. The third kappa shape index (κ3) is 2.73. The zero-order chi connectivity index (χ0) is 14.9. The number of halogens is 2. The normalized spacial score (nSPS) is 11.1. The molecule has 0 saturated heterocycles. The maximum atomic E-state index is 12.2. The molecule has 0 saturated carbocycles. The molecule has 8 nitrogen and oxygen atoms in total. The number of nitrogens with one attached hydrogen (secondary N) is 1. The summed E-state index contributed by atoms with van der Waals surface area (Å²) >= 11 is 0. The predicted octanol–water partition coefficient (Wildman–Crippen LogP) is 1.84. The molecule has 2 aromatic heterocycles. The molecule has 108 valence electrons. The van der Waals surface area contributed by atoms with E-state index in [1.54, 1.807) is 7.05 Å². The number of alkyl halides is 2. The van der Waals surface area contributed by atoms with Crippen molar-refractivity contribution in [2.24, 2.45) is 7.05 Å². The molecule has 0 radical (unpaired) electrons. The first-order chi connectivity index (χ1) is 9.38. The maximum absolute atomic E-state index is 12.2. The molecule has 0 aromatic carbocycles. The summed E-state index contributed by atoms with van der Waals surface area (Å²) in [7, 11) is 1.54. The van der Waals surface area contributed by atoms with Crippen LogP contribution in [0.3, 0.4) is 0 Å². The Balaban J connectivity index is 2.26. The topological polar surface area (TPSA) is 90.8 Å². The molecule has 2 heterocycles. The molecule has 0 bridgehead atoms. The first-order valence-electron chi connectivity index (χ1n) is 5.65. The van der Waals surface area contributed by atoms with Crippen LogP contribution in [0.15, 0.2) is 12.3 Å². The van der Waals surface area contributed by atoms with Gasteiger partial charge in [0, 0.05) is 19.3 Å². The van der Waals surface area contributed by atoms with E-state index in [9.17, 15) is 18.9 Å². The van der Waals surface area contributed by atoms with Crippen LogP contribution in [0.2, 0.25) is 0 Å². The van der Waals surface area contributed by atoms with Gasteiger partial charge in [0.05, 0.1) is 4.92 Å². The number of hydrogen-bond donors (Lipinski definition) is 1. The molecule has 0 atom stereocenters. The highest BCUT2D eigenvalue weighted by molar-refractivity contribution is 5.65. The van der Waals surface area contributed by atoms with E-state index in [-0.39, 0.29) is 23.0 Å². The van der Waals surface area contributed by atoms with Gasteiger partial charge in [-0.2, -0.15) is 10.2 Å². The highest BCUT2D eigenvalue weighted by atomic mass is 19.3. The highest BCUT2D eigenvalue weighted by Crippen LogP contribution is 2.29. The Morgan fingerprint density at radius 2 is 2.20 bits per heavy atom. The predicted molar refractivity (Wildman–Crippen MR) is 66.1 cm³/mol. The Kier molecular flexibility index (Phi) is 3.63. The molecule has 0 spiro atoms. The van der Waals surface area contributed by atoms with E-state index in [4.69, 9.17) is 0 Å². The van der Waals surface area contributed by atoms with E-state index in [2.05, 4.69) is 15.5 Å². The second kappa shape index (κ2) is 5.23. The van der Waals surface area contributed by atoms with Crippen LogP contribution in [0.1, 0.15) is 5.69 Å². The van der Waals surface area contributed by atoms with Crippen LogP contribution >= 0.6 is 0 Å². The average molecular weight is 286 g/mol. The van der Waals surface area contributed by atoms with Crippen molar-refractivity contribution in [1.29, 1.82) is 0 Å². The monoisotopic (exact) mass is 286 g/mol. The molecule has 2 rings (SSSR count). The van der Waals surface area contributed by atoms with Gasteiger partial charge < -0.3 is 5.32 Å². The quantitative estimate of drug-likeness (QED) is 0.669. The van der Waals surface area contributed by atoms with Crippen LogP contribution in [-0.2, 0) is 13.6 Å². The van der Waals surface area contributed by atoms with Crippen LogP contribution in [0.5, 0.6) is 0 Å². The summed E-state index contributed by atoms with van der Waals surface area (Å²) in [6, 6.07) is 1.45. The fourth-order valence-electron chi connectivity index (χ4n) is 1.80. The number of aryl methyl sites for hydroxylation is 2. The van der Waals surface area contributed by atoms with E-state index < -0.39 is 17.9 Å². The standard InChI is InChI=1S/C10H12F2N6O2/c1-6-9(18(19)20)10(16(2)14-6)13-8-3-4-17(15-8)5-7(11)12/h3-4,7H,5H2,1-2H3,(H,13,15). The van der Waals surface area contributed by atoms with Crippen molar-refractivity contribution in [2.75, 3.05) is 5.32 Å². The number of aromatic nitrogens is 4. The van der Waals surface area contributed by atoms with Gasteiger partial charge in [0.1, 0.15) is 12.2 Å². The van der Waals surface area contributed by atoms with Gasteiger partial charge in [-0.15, -0.1) is 0 Å². The average Bonchev–Trinajstić information content (AvgIpc) is 2.84. The van der Waals surface area contributed by atoms with Gasteiger partial charge in [-0.05, 0) is 6.92 Å². The molecule has 20 heavy (non-hydrogen) atoms. The van der Waals surface area contributed by atoms with Gasteiger partial charge in [0.25, 0.3) is 6.43 Å². The minimum absolute atomic E-state index is 0.148. The molecular formula is C10H12F2N6O2. The number of rotatable bonds is 5. The Morgan fingerprint density at radius 3 is 2.80 bits per heavy atom. The molecule has 0 aliphatic carbocycles. The van der Waals surface area contributed by atoms with Crippen molar-refractivity contribution in [3.05, 3.63) is 28.1 Å². The Morgan fingerprint density at radius 1 is 1.50 bits per heavy atom. The largest absolute Gasteiger partial charge is 0.334 e. The summed E-state index contributed by atoms with van der Waals surface area (Å²) in [5.41, 5.74) is 0.0860. The van der Waals surface area contributed by atoms with E-state index in [1.165, 1.54) is 23.9 Å². The lowest BCUT2D eigenvalue weighted by Crippen LogP contribution is -2.08. The number of nitrogens with zero attached hydrogens (tertiary/aromatic N) is 5. The lowest BCUT2D eigenvalue weighted by molar-refractivity contribution is -0.384. The van der Waals surface area contributed by atoms with Crippen LogP contribution in [0.4, 0.5) is 26.1 Å². The Labute approximate surface area is 112 Å². The number of hydrogen-bond acceptors (Lipinski definition) is 5. The van der Waals surface area contributed by atoms with Crippen molar-refractivity contribution >= 4 is 17.3 Å². The fourth-order valence-corrected chi connectivity index (χ4v) is 1.80. The SMILES string of the molecule is Cc1nn(C)c(Nc2ccn(CC(F)F)n2)c1[N+](=O)[O-]. The van der Waals surface area contributed by atoms with Gasteiger partial charge in [0.2, 0.25) is 5.82 Å². The van der Waals surface area contributed by atoms with Crippen molar-refractivity contribution in [2.45, 2.75) is 19.9 Å². The zero-order valence-electron chi connectivity index (χ0n) is 10.7. The van der Waals surface area contributed by atoms with Gasteiger partial charge >= 0.3 is 5.69 Å². The molecule has 0 aliphatic rings. The summed E-state index contributed by atoms with van der Waals surface area (Å²) < 4.78 is 26.8. The summed E-state index contributed by atoms with van der Waals surface area (Å²) in [5.74, 6) is 0.381. The van der Waals surface area contributed by atoms with Crippen molar-refractivity contribution < 1.29 is 13.7 Å². The van der Waals surface area contributed by atoms with E-state index >= 15 is 0 Å². The third-order valence-electron chi connectivity index (χ3n) is 2.59. The molecule has 0 aliphatic heterocycles. The van der Waals surface area contributed by atoms with Crippen molar-refractivity contribution in [1.82, 2.24) is 19.6 Å². The van der Waals surface area contributed by atoms with E-state index in [1.807, 2.05) is 0 Å². The van der Waals surface area contributed by atoms with E-state index in [0.29, 0.717) is 0 Å². The van der Waals surface area contributed by atoms with Gasteiger partial charge in [0.15, 0.2) is 5.82 Å². The summed E-state index contributed by atoms with van der Waals surface area (Å²) in [6.07, 6.45) is -1.15. The lowest BCUT2D eigenvalue weighted by atomic mass is 10.4. The lowest BCUT2D eigenvalue weighted by Gasteiger charge is -2.03. The fraction of sp³-hybridized carbons (Fsp3) is 0.400. The van der Waals surface area contributed by atoms with Gasteiger partial charge in [-0.3, -0.25) is 14.8 Å². The molecular weight excluding hydrogens is 274 g/mol. The minimum Gasteiger partial charge on any atom is -0.318 e. The van der Waals surface area contributed by atoms with Crippen molar-refractivity contribution in [3.8, 4) is 0 Å². The first-order valence-corrected chi connectivity index (χ1v) is 5.65. The van der Waals surface area contributed by atoms with Gasteiger partial charge in [-0.25, -0.2) is 13.5 Å². The summed E-state index contributed by atoms with van der Waals surface area (Å²) in [5, 5.41) is 21.5. The maximum Gasteiger partial charge on any atom is 0.334 e. The summed E-state index contributed by atoms with van der Waals surface area (Å²) in [6.45, 7) is 0.979. The molecule has 1 N–H and O–H groups in total. The second-order valence-corrected chi connectivity index (χ2v) is 4.10.